The average Bonchev–Trinajstić information content (AvgIpc) is 2.72. The molecule has 3 aromatic rings. The number of benzene rings is 1. The minimum absolute atomic E-state index is 0.0588. The predicted molar refractivity (Wildman–Crippen MR) is 114 cm³/mol. The molecule has 2 aromatic heterocycles. The van der Waals surface area contributed by atoms with E-state index in [1.807, 2.05) is 0 Å². The van der Waals surface area contributed by atoms with Gasteiger partial charge in [0.25, 0.3) is 0 Å². The van der Waals surface area contributed by atoms with Crippen molar-refractivity contribution in [2.45, 2.75) is 31.7 Å². The molecular weight excluding hydrogens is 452 g/mol. The van der Waals surface area contributed by atoms with Gasteiger partial charge in [-0.1, -0.05) is 11.6 Å². The minimum Gasteiger partial charge on any atom is -0.385 e. The third-order valence-electron chi connectivity index (χ3n) is 4.55. The molecule has 1 aliphatic rings. The van der Waals surface area contributed by atoms with Gasteiger partial charge in [0.1, 0.15) is 23.5 Å². The predicted octanol–water partition coefficient (Wildman–Crippen LogP) is 4.64. The number of fused-ring (bicyclic) bond motifs is 1. The number of nitrogens with one attached hydrogen (secondary N) is 1. The molecule has 2 atom stereocenters. The largest absolute Gasteiger partial charge is 0.424 e. The second-order valence-electron chi connectivity index (χ2n) is 7.08. The number of pyridine rings is 1. The van der Waals surface area contributed by atoms with E-state index in [1.165, 1.54) is 24.7 Å². The van der Waals surface area contributed by atoms with E-state index in [-0.39, 0.29) is 18.5 Å². The van der Waals surface area contributed by atoms with Gasteiger partial charge < -0.3 is 15.8 Å². The van der Waals surface area contributed by atoms with Gasteiger partial charge in [0, 0.05) is 11.9 Å². The van der Waals surface area contributed by atoms with Gasteiger partial charge in [-0.25, -0.2) is 19.3 Å². The maximum atomic E-state index is 12.8. The van der Waals surface area contributed by atoms with Crippen molar-refractivity contribution in [1.82, 2.24) is 15.0 Å². The van der Waals surface area contributed by atoms with Crippen molar-refractivity contribution < 1.29 is 22.3 Å². The van der Waals surface area contributed by atoms with Crippen molar-refractivity contribution in [3.8, 4) is 0 Å². The molecule has 0 radical (unpaired) electrons. The number of aliphatic imine (C=N–C) groups is 1. The van der Waals surface area contributed by atoms with Gasteiger partial charge in [-0.05, 0) is 44.2 Å². The highest BCUT2D eigenvalue weighted by Crippen LogP contribution is 2.35. The van der Waals surface area contributed by atoms with Crippen molar-refractivity contribution in [1.29, 1.82) is 0 Å². The molecule has 1 aliphatic heterocycles. The van der Waals surface area contributed by atoms with Crippen LogP contribution in [0.1, 0.15) is 13.8 Å². The summed E-state index contributed by atoms with van der Waals surface area (Å²) in [6, 6.07) is 7.39. The van der Waals surface area contributed by atoms with Gasteiger partial charge >= 0.3 is 6.18 Å². The van der Waals surface area contributed by atoms with Crippen LogP contribution in [-0.2, 0) is 4.74 Å². The van der Waals surface area contributed by atoms with Crippen LogP contribution in [0.2, 0.25) is 5.02 Å². The Morgan fingerprint density at radius 1 is 1.19 bits per heavy atom. The van der Waals surface area contributed by atoms with E-state index in [9.17, 15) is 17.6 Å². The molecule has 0 amide bonds. The molecule has 3 heterocycles. The molecule has 0 bridgehead atoms. The monoisotopic (exact) mass is 470 g/mol. The van der Waals surface area contributed by atoms with E-state index in [0.29, 0.717) is 21.9 Å². The maximum Gasteiger partial charge on any atom is 0.424 e. The number of aromatic nitrogens is 3. The Balaban J connectivity index is 0.000000195. The highest BCUT2D eigenvalue weighted by atomic mass is 35.5. The van der Waals surface area contributed by atoms with Crippen LogP contribution in [0.5, 0.6) is 0 Å². The highest BCUT2D eigenvalue weighted by Gasteiger charge is 2.57. The second kappa shape index (κ2) is 9.21. The lowest BCUT2D eigenvalue weighted by atomic mass is 10.0. The van der Waals surface area contributed by atoms with Crippen molar-refractivity contribution in [3.05, 3.63) is 53.7 Å². The summed E-state index contributed by atoms with van der Waals surface area (Å²) in [6.07, 6.45) is -1.56. The summed E-state index contributed by atoms with van der Waals surface area (Å²) in [4.78, 5) is 16.1. The first-order valence-corrected chi connectivity index (χ1v) is 9.70. The molecule has 1 aromatic carbocycles. The SMILES string of the molecule is C[C@H]1CO[C@@](C)(C(F)(F)F)C(N)=N1.Fc1ccc(Nc2ncnc3cc(Cl)cnc23)cc1. The molecule has 7 nitrogen and oxygen atoms in total. The number of anilines is 2. The number of nitrogens with two attached hydrogens (primary N) is 1. The van der Waals surface area contributed by atoms with Crippen molar-refractivity contribution >= 4 is 40.0 Å². The number of alkyl halides is 3. The lowest BCUT2D eigenvalue weighted by Gasteiger charge is -2.35. The number of hydrogen-bond donors (Lipinski definition) is 2. The molecule has 3 N–H and O–H groups in total. The van der Waals surface area contributed by atoms with Crippen molar-refractivity contribution in [2.75, 3.05) is 11.9 Å². The lowest BCUT2D eigenvalue weighted by Crippen LogP contribution is -2.58. The normalized spacial score (nSPS) is 20.8. The fourth-order valence-corrected chi connectivity index (χ4v) is 2.82. The zero-order valence-electron chi connectivity index (χ0n) is 17.0. The van der Waals surface area contributed by atoms with Crippen molar-refractivity contribution in [3.63, 3.8) is 0 Å². The van der Waals surface area contributed by atoms with Gasteiger partial charge in [0.05, 0.1) is 23.2 Å². The van der Waals surface area contributed by atoms with Gasteiger partial charge in [-0.3, -0.25) is 4.99 Å². The number of amidine groups is 1. The van der Waals surface area contributed by atoms with E-state index in [4.69, 9.17) is 17.3 Å². The molecular formula is C20H19ClF4N6O. The Labute approximate surface area is 185 Å². The molecule has 0 unspecified atom stereocenters. The molecule has 0 spiro atoms. The summed E-state index contributed by atoms with van der Waals surface area (Å²) in [7, 11) is 0. The van der Waals surface area contributed by atoms with Crippen LogP contribution in [0.4, 0.5) is 29.1 Å². The van der Waals surface area contributed by atoms with Crippen LogP contribution in [-0.4, -0.2) is 45.2 Å². The lowest BCUT2D eigenvalue weighted by molar-refractivity contribution is -0.245. The first-order valence-electron chi connectivity index (χ1n) is 9.33. The van der Waals surface area contributed by atoms with Crippen LogP contribution in [0.15, 0.2) is 47.8 Å². The van der Waals surface area contributed by atoms with E-state index in [1.54, 1.807) is 25.1 Å². The van der Waals surface area contributed by atoms with E-state index in [2.05, 4.69) is 30.0 Å². The smallest absolute Gasteiger partial charge is 0.385 e. The van der Waals surface area contributed by atoms with Gasteiger partial charge in [-0.2, -0.15) is 13.2 Å². The Morgan fingerprint density at radius 3 is 2.50 bits per heavy atom. The third-order valence-corrected chi connectivity index (χ3v) is 4.76. The average molecular weight is 471 g/mol. The van der Waals surface area contributed by atoms with Gasteiger partial charge in [-0.15, -0.1) is 0 Å². The number of halogens is 5. The molecule has 0 saturated carbocycles. The maximum absolute atomic E-state index is 12.8. The Morgan fingerprint density at radius 2 is 1.88 bits per heavy atom. The molecule has 4 rings (SSSR count). The minimum atomic E-state index is -4.51. The summed E-state index contributed by atoms with van der Waals surface area (Å²) in [5.74, 6) is -0.241. The number of rotatable bonds is 2. The number of nitrogens with zero attached hydrogens (tertiary/aromatic N) is 4. The standard InChI is InChI=1S/C13H8ClFN4.C7H11F3N2O/c14-8-5-11-12(16-6-8)13(18-7-17-11)19-10-3-1-9(15)2-4-10;1-4-3-13-6(2,5(11)12-4)7(8,9)10/h1-7H,(H,17,18,19);4H,3H2,1-2H3,(H2,11,12)/t;4-,6+/m.0/s1. The number of hydrogen-bond acceptors (Lipinski definition) is 7. The van der Waals surface area contributed by atoms with Crippen LogP contribution in [0.3, 0.4) is 0 Å². The van der Waals surface area contributed by atoms with Crippen molar-refractivity contribution in [2.24, 2.45) is 10.7 Å². The van der Waals surface area contributed by atoms with E-state index >= 15 is 0 Å². The van der Waals surface area contributed by atoms with Crippen LogP contribution in [0, 0.1) is 5.82 Å². The Kier molecular flexibility index (Phi) is 6.79. The van der Waals surface area contributed by atoms with Crippen LogP contribution < -0.4 is 11.1 Å². The molecule has 0 saturated heterocycles. The molecule has 0 aliphatic carbocycles. The summed E-state index contributed by atoms with van der Waals surface area (Å²) in [5.41, 5.74) is 4.75. The summed E-state index contributed by atoms with van der Waals surface area (Å²) < 4.78 is 54.8. The zero-order chi connectivity index (χ0) is 23.5. The van der Waals surface area contributed by atoms with Gasteiger partial charge in [0.15, 0.2) is 5.82 Å². The molecule has 32 heavy (non-hydrogen) atoms. The quantitative estimate of drug-likeness (QED) is 0.529. The second-order valence-corrected chi connectivity index (χ2v) is 7.52. The molecule has 170 valence electrons. The third kappa shape index (κ3) is 5.22. The zero-order valence-corrected chi connectivity index (χ0v) is 17.7. The topological polar surface area (TPSA) is 98.3 Å². The van der Waals surface area contributed by atoms with E-state index < -0.39 is 17.6 Å². The Hall–Kier alpha value is -3.05. The van der Waals surface area contributed by atoms with Gasteiger partial charge in [0.2, 0.25) is 5.60 Å². The molecule has 12 heteroatoms. The fraction of sp³-hybridized carbons (Fsp3) is 0.300. The first-order chi connectivity index (χ1) is 15.0. The molecule has 0 fully saturated rings. The summed E-state index contributed by atoms with van der Waals surface area (Å²) in [5, 5.41) is 3.58. The highest BCUT2D eigenvalue weighted by molar-refractivity contribution is 6.31. The van der Waals surface area contributed by atoms with Crippen LogP contribution in [0.25, 0.3) is 11.0 Å². The van der Waals surface area contributed by atoms with E-state index in [0.717, 1.165) is 12.6 Å². The summed E-state index contributed by atoms with van der Waals surface area (Å²) >= 11 is 5.86. The number of ether oxygens (including phenoxy) is 1. The summed E-state index contributed by atoms with van der Waals surface area (Å²) in [6.45, 7) is 2.47. The fourth-order valence-electron chi connectivity index (χ4n) is 2.67. The Bertz CT molecular complexity index is 1130. The first kappa shape index (κ1) is 23.6. The van der Waals surface area contributed by atoms with Crippen LogP contribution >= 0.6 is 11.6 Å².